The summed E-state index contributed by atoms with van der Waals surface area (Å²) in [5.74, 6) is 0.891. The number of pyridine rings is 1. The summed E-state index contributed by atoms with van der Waals surface area (Å²) in [6.45, 7) is 1.73. The molecule has 6 heteroatoms. The molecule has 0 aliphatic carbocycles. The third kappa shape index (κ3) is 3.30. The molecule has 0 radical (unpaired) electrons. The Bertz CT molecular complexity index is 411. The van der Waals surface area contributed by atoms with E-state index in [0.717, 1.165) is 29.8 Å². The molecule has 1 N–H and O–H groups in total. The van der Waals surface area contributed by atoms with E-state index in [4.69, 9.17) is 0 Å². The minimum Gasteiger partial charge on any atom is -0.370 e. The van der Waals surface area contributed by atoms with Gasteiger partial charge in [0, 0.05) is 30.0 Å². The van der Waals surface area contributed by atoms with Crippen molar-refractivity contribution in [2.45, 2.75) is 13.0 Å². The van der Waals surface area contributed by atoms with Crippen LogP contribution in [0.5, 0.6) is 0 Å². The number of rotatable bonds is 5. The third-order valence-electron chi connectivity index (χ3n) is 2.07. The van der Waals surface area contributed by atoms with Crippen molar-refractivity contribution in [1.82, 2.24) is 20.0 Å². The maximum absolute atomic E-state index is 4.22. The van der Waals surface area contributed by atoms with Crippen molar-refractivity contribution in [2.75, 3.05) is 11.9 Å². The molecule has 2 aromatic rings. The number of nitrogens with one attached hydrogen (secondary N) is 1. The van der Waals surface area contributed by atoms with E-state index < -0.39 is 0 Å². The standard InChI is InChI=1S/C10H12BrN5/c11-9-2-3-10(13-8-9)12-4-1-6-16-7-5-14-15-16/h2-3,5,7-8H,1,4,6H2,(H,12,13). The predicted octanol–water partition coefficient (Wildman–Crippen LogP) is 1.94. The minimum absolute atomic E-state index is 0.865. The molecule has 5 nitrogen and oxygen atoms in total. The minimum atomic E-state index is 0.865. The molecule has 0 unspecified atom stereocenters. The lowest BCUT2D eigenvalue weighted by Crippen LogP contribution is -2.08. The van der Waals surface area contributed by atoms with Crippen LogP contribution in [0.25, 0.3) is 0 Å². The molecule has 0 aromatic carbocycles. The Hall–Kier alpha value is -1.43. The lowest BCUT2D eigenvalue weighted by atomic mass is 10.4. The van der Waals surface area contributed by atoms with Gasteiger partial charge in [0.05, 0.1) is 6.20 Å². The van der Waals surface area contributed by atoms with Crippen molar-refractivity contribution in [3.8, 4) is 0 Å². The van der Waals surface area contributed by atoms with E-state index in [0.29, 0.717) is 0 Å². The van der Waals surface area contributed by atoms with Gasteiger partial charge in [-0.05, 0) is 34.5 Å². The molecule has 16 heavy (non-hydrogen) atoms. The van der Waals surface area contributed by atoms with Crippen LogP contribution in [0.15, 0.2) is 35.2 Å². The van der Waals surface area contributed by atoms with Crippen LogP contribution in [0, 0.1) is 0 Å². The van der Waals surface area contributed by atoms with Crippen LogP contribution < -0.4 is 5.32 Å². The molecule has 2 aromatic heterocycles. The van der Waals surface area contributed by atoms with E-state index in [1.54, 1.807) is 12.4 Å². The molecule has 0 aliphatic heterocycles. The highest BCUT2D eigenvalue weighted by Gasteiger charge is 1.94. The molecule has 2 rings (SSSR count). The molecule has 0 saturated heterocycles. The molecule has 0 bridgehead atoms. The first kappa shape index (κ1) is 11.1. The summed E-state index contributed by atoms with van der Waals surface area (Å²) in [5, 5.41) is 10.9. The van der Waals surface area contributed by atoms with Gasteiger partial charge in [0.2, 0.25) is 0 Å². The molecule has 84 valence electrons. The van der Waals surface area contributed by atoms with Gasteiger partial charge in [-0.1, -0.05) is 5.21 Å². The largest absolute Gasteiger partial charge is 0.370 e. The molecular weight excluding hydrogens is 270 g/mol. The molecule has 0 fully saturated rings. The van der Waals surface area contributed by atoms with Crippen molar-refractivity contribution < 1.29 is 0 Å². The van der Waals surface area contributed by atoms with Crippen LogP contribution in [-0.4, -0.2) is 26.5 Å². The maximum atomic E-state index is 4.22. The molecule has 0 aliphatic rings. The summed E-state index contributed by atoms with van der Waals surface area (Å²) in [7, 11) is 0. The van der Waals surface area contributed by atoms with Crippen molar-refractivity contribution in [3.05, 3.63) is 35.2 Å². The molecule has 0 atom stereocenters. The zero-order valence-electron chi connectivity index (χ0n) is 8.67. The fourth-order valence-corrected chi connectivity index (χ4v) is 1.52. The maximum Gasteiger partial charge on any atom is 0.125 e. The Morgan fingerprint density at radius 1 is 1.38 bits per heavy atom. The Kier molecular flexibility index (Phi) is 3.87. The van der Waals surface area contributed by atoms with Crippen molar-refractivity contribution in [2.24, 2.45) is 0 Å². The third-order valence-corrected chi connectivity index (χ3v) is 2.54. The van der Waals surface area contributed by atoms with E-state index in [2.05, 4.69) is 36.5 Å². The van der Waals surface area contributed by atoms with Crippen LogP contribution >= 0.6 is 15.9 Å². The van der Waals surface area contributed by atoms with E-state index in [-0.39, 0.29) is 0 Å². The highest BCUT2D eigenvalue weighted by Crippen LogP contribution is 2.10. The average Bonchev–Trinajstić information content (AvgIpc) is 2.80. The quantitative estimate of drug-likeness (QED) is 0.851. The topological polar surface area (TPSA) is 55.6 Å². The molecular formula is C10H12BrN5. The van der Waals surface area contributed by atoms with Gasteiger partial charge >= 0.3 is 0 Å². The van der Waals surface area contributed by atoms with Crippen molar-refractivity contribution in [3.63, 3.8) is 0 Å². The number of hydrogen-bond acceptors (Lipinski definition) is 4. The number of nitrogens with zero attached hydrogens (tertiary/aromatic N) is 4. The first-order valence-electron chi connectivity index (χ1n) is 5.04. The average molecular weight is 282 g/mol. The SMILES string of the molecule is Brc1ccc(NCCCn2ccnn2)nc1. The smallest absolute Gasteiger partial charge is 0.125 e. The Balaban J connectivity index is 1.70. The van der Waals surface area contributed by atoms with Gasteiger partial charge < -0.3 is 5.32 Å². The van der Waals surface area contributed by atoms with Gasteiger partial charge in [-0.25, -0.2) is 4.98 Å². The second kappa shape index (κ2) is 5.60. The van der Waals surface area contributed by atoms with Gasteiger partial charge in [0.15, 0.2) is 0 Å². The number of aryl methyl sites for hydroxylation is 1. The van der Waals surface area contributed by atoms with Gasteiger partial charge in [0.25, 0.3) is 0 Å². The van der Waals surface area contributed by atoms with Crippen LogP contribution in [0.3, 0.4) is 0 Å². The Morgan fingerprint density at radius 3 is 3.00 bits per heavy atom. The molecule has 0 amide bonds. The van der Waals surface area contributed by atoms with Gasteiger partial charge in [0.1, 0.15) is 5.82 Å². The number of halogens is 1. The predicted molar refractivity (Wildman–Crippen MR) is 65.1 cm³/mol. The number of anilines is 1. The second-order valence-electron chi connectivity index (χ2n) is 3.31. The summed E-state index contributed by atoms with van der Waals surface area (Å²) in [6, 6.07) is 3.91. The number of aromatic nitrogens is 4. The first-order chi connectivity index (χ1) is 7.84. The molecule has 2 heterocycles. The van der Waals surface area contributed by atoms with Gasteiger partial charge in [-0.15, -0.1) is 5.10 Å². The molecule has 0 spiro atoms. The van der Waals surface area contributed by atoms with Crippen LogP contribution in [0.4, 0.5) is 5.82 Å². The molecule has 0 saturated carbocycles. The Labute approximate surface area is 102 Å². The summed E-state index contributed by atoms with van der Waals surface area (Å²) < 4.78 is 2.80. The van der Waals surface area contributed by atoms with Gasteiger partial charge in [-0.2, -0.15) is 0 Å². The van der Waals surface area contributed by atoms with Crippen molar-refractivity contribution in [1.29, 1.82) is 0 Å². The second-order valence-corrected chi connectivity index (χ2v) is 4.22. The highest BCUT2D eigenvalue weighted by atomic mass is 79.9. The van der Waals surface area contributed by atoms with Crippen molar-refractivity contribution >= 4 is 21.7 Å². The zero-order chi connectivity index (χ0) is 11.2. The fraction of sp³-hybridized carbons (Fsp3) is 0.300. The Morgan fingerprint density at radius 2 is 2.31 bits per heavy atom. The summed E-state index contributed by atoms with van der Waals surface area (Å²) >= 11 is 3.34. The van der Waals surface area contributed by atoms with E-state index >= 15 is 0 Å². The summed E-state index contributed by atoms with van der Waals surface area (Å²) in [5.41, 5.74) is 0. The van der Waals surface area contributed by atoms with E-state index in [9.17, 15) is 0 Å². The zero-order valence-corrected chi connectivity index (χ0v) is 10.3. The van der Waals surface area contributed by atoms with Gasteiger partial charge in [-0.3, -0.25) is 4.68 Å². The van der Waals surface area contributed by atoms with E-state index in [1.165, 1.54) is 0 Å². The fourth-order valence-electron chi connectivity index (χ4n) is 1.29. The number of hydrogen-bond donors (Lipinski definition) is 1. The van der Waals surface area contributed by atoms with Crippen LogP contribution in [0.2, 0.25) is 0 Å². The highest BCUT2D eigenvalue weighted by molar-refractivity contribution is 9.10. The lowest BCUT2D eigenvalue weighted by Gasteiger charge is -2.05. The van der Waals surface area contributed by atoms with Crippen LogP contribution in [0.1, 0.15) is 6.42 Å². The van der Waals surface area contributed by atoms with E-state index in [1.807, 2.05) is 23.0 Å². The summed E-state index contributed by atoms with van der Waals surface area (Å²) in [6.07, 6.45) is 6.31. The normalized spacial score (nSPS) is 10.3. The first-order valence-corrected chi connectivity index (χ1v) is 5.83. The lowest BCUT2D eigenvalue weighted by molar-refractivity contribution is 0.569. The summed E-state index contributed by atoms with van der Waals surface area (Å²) in [4.78, 5) is 4.22. The monoisotopic (exact) mass is 281 g/mol. The van der Waals surface area contributed by atoms with Crippen LogP contribution in [-0.2, 0) is 6.54 Å².